The number of carbonyl (C=O) groups is 1. The summed E-state index contributed by atoms with van der Waals surface area (Å²) in [4.78, 5) is 20.6. The molecule has 0 spiro atoms. The van der Waals surface area contributed by atoms with Gasteiger partial charge in [0.25, 0.3) is 0 Å². The zero-order valence-corrected chi connectivity index (χ0v) is 16.7. The maximum absolute atomic E-state index is 11.9. The number of hydrogen-bond donors (Lipinski definition) is 2. The van der Waals surface area contributed by atoms with Gasteiger partial charge in [0.1, 0.15) is 6.54 Å². The first-order valence-corrected chi connectivity index (χ1v) is 9.88. The molecule has 2 fully saturated rings. The van der Waals surface area contributed by atoms with E-state index in [2.05, 4.69) is 41.3 Å². The van der Waals surface area contributed by atoms with Crippen molar-refractivity contribution in [2.24, 2.45) is 10.9 Å². The Morgan fingerprint density at radius 3 is 2.40 bits per heavy atom. The standard InChI is InChI=1S/C19H37N5O/c1-14(2)24-12-15(3)17(13-24)22-19(20-11-18(25)23(4)5)21-16-9-7-6-8-10-16/h14-17H,6-13H2,1-5H3,(H2,20,21,22). The molecule has 1 saturated carbocycles. The molecule has 2 unspecified atom stereocenters. The monoisotopic (exact) mass is 351 g/mol. The third-order valence-electron chi connectivity index (χ3n) is 5.51. The molecule has 144 valence electrons. The maximum Gasteiger partial charge on any atom is 0.243 e. The molecule has 0 bridgehead atoms. The smallest absolute Gasteiger partial charge is 0.243 e. The molecule has 2 N–H and O–H groups in total. The summed E-state index contributed by atoms with van der Waals surface area (Å²) in [5.74, 6) is 1.42. The average Bonchev–Trinajstić information content (AvgIpc) is 2.94. The molecule has 0 aromatic carbocycles. The Hall–Kier alpha value is -1.30. The molecule has 0 aromatic rings. The van der Waals surface area contributed by atoms with Crippen molar-refractivity contribution < 1.29 is 4.79 Å². The van der Waals surface area contributed by atoms with Gasteiger partial charge in [-0.1, -0.05) is 26.2 Å². The molecule has 0 aromatic heterocycles. The second-order valence-electron chi connectivity index (χ2n) is 8.21. The minimum atomic E-state index is 0.0352. The minimum Gasteiger partial charge on any atom is -0.354 e. The topological polar surface area (TPSA) is 60.0 Å². The van der Waals surface area contributed by atoms with E-state index in [0.717, 1.165) is 19.0 Å². The highest BCUT2D eigenvalue weighted by atomic mass is 16.2. The number of guanidine groups is 1. The predicted molar refractivity (Wildman–Crippen MR) is 104 cm³/mol. The van der Waals surface area contributed by atoms with Crippen LogP contribution in [0.2, 0.25) is 0 Å². The SMILES string of the molecule is CC1CN(C(C)C)CC1NC(=NCC(=O)N(C)C)NC1CCCCC1. The van der Waals surface area contributed by atoms with Crippen molar-refractivity contribution in [1.29, 1.82) is 0 Å². The Morgan fingerprint density at radius 2 is 1.84 bits per heavy atom. The van der Waals surface area contributed by atoms with E-state index >= 15 is 0 Å². The van der Waals surface area contributed by atoms with Crippen LogP contribution in [-0.4, -0.2) is 73.5 Å². The molecule has 2 rings (SSSR count). The van der Waals surface area contributed by atoms with Gasteiger partial charge in [0.2, 0.25) is 5.91 Å². The third-order valence-corrected chi connectivity index (χ3v) is 5.51. The van der Waals surface area contributed by atoms with Crippen molar-refractivity contribution in [2.75, 3.05) is 33.7 Å². The Bertz CT molecular complexity index is 457. The molecular formula is C19H37N5O. The number of nitrogens with zero attached hydrogens (tertiary/aromatic N) is 3. The third kappa shape index (κ3) is 6.17. The van der Waals surface area contributed by atoms with E-state index in [1.165, 1.54) is 32.1 Å². The van der Waals surface area contributed by atoms with Gasteiger partial charge in [-0.2, -0.15) is 0 Å². The largest absolute Gasteiger partial charge is 0.354 e. The van der Waals surface area contributed by atoms with E-state index in [0.29, 0.717) is 24.0 Å². The van der Waals surface area contributed by atoms with Crippen LogP contribution in [-0.2, 0) is 4.79 Å². The lowest BCUT2D eigenvalue weighted by Crippen LogP contribution is -2.50. The van der Waals surface area contributed by atoms with Crippen LogP contribution in [0.1, 0.15) is 52.9 Å². The van der Waals surface area contributed by atoms with Gasteiger partial charge in [-0.05, 0) is 32.6 Å². The lowest BCUT2D eigenvalue weighted by Gasteiger charge is -2.27. The van der Waals surface area contributed by atoms with E-state index in [1.807, 2.05) is 0 Å². The highest BCUT2D eigenvalue weighted by Crippen LogP contribution is 2.20. The fraction of sp³-hybridized carbons (Fsp3) is 0.895. The van der Waals surface area contributed by atoms with Crippen molar-refractivity contribution in [3.8, 4) is 0 Å². The number of likely N-dealkylation sites (tertiary alicyclic amines) is 1. The van der Waals surface area contributed by atoms with Crippen molar-refractivity contribution in [3.63, 3.8) is 0 Å². The lowest BCUT2D eigenvalue weighted by atomic mass is 9.96. The van der Waals surface area contributed by atoms with Crippen LogP contribution in [0.4, 0.5) is 0 Å². The summed E-state index contributed by atoms with van der Waals surface area (Å²) in [6, 6.07) is 1.43. The Morgan fingerprint density at radius 1 is 1.16 bits per heavy atom. The van der Waals surface area contributed by atoms with Gasteiger partial charge in [-0.3, -0.25) is 9.69 Å². The van der Waals surface area contributed by atoms with Gasteiger partial charge in [-0.15, -0.1) is 0 Å². The summed E-state index contributed by atoms with van der Waals surface area (Å²) in [7, 11) is 3.55. The molecule has 1 amide bonds. The first-order chi connectivity index (χ1) is 11.9. The number of hydrogen-bond acceptors (Lipinski definition) is 3. The fourth-order valence-electron chi connectivity index (χ4n) is 3.65. The predicted octanol–water partition coefficient (Wildman–Crippen LogP) is 1.67. The lowest BCUT2D eigenvalue weighted by molar-refractivity contribution is -0.127. The van der Waals surface area contributed by atoms with Crippen molar-refractivity contribution in [2.45, 2.75) is 71.0 Å². The summed E-state index contributed by atoms with van der Waals surface area (Å²) in [6.45, 7) is 9.14. The molecule has 1 heterocycles. The Balaban J connectivity index is 2.00. The van der Waals surface area contributed by atoms with E-state index in [9.17, 15) is 4.79 Å². The second-order valence-corrected chi connectivity index (χ2v) is 8.21. The summed E-state index contributed by atoms with van der Waals surface area (Å²) >= 11 is 0. The number of nitrogens with one attached hydrogen (secondary N) is 2. The van der Waals surface area contributed by atoms with Gasteiger partial charge < -0.3 is 15.5 Å². The fourth-order valence-corrected chi connectivity index (χ4v) is 3.65. The van der Waals surface area contributed by atoms with Crippen LogP contribution >= 0.6 is 0 Å². The quantitative estimate of drug-likeness (QED) is 0.584. The molecule has 2 aliphatic rings. The van der Waals surface area contributed by atoms with E-state index in [1.54, 1.807) is 19.0 Å². The highest BCUT2D eigenvalue weighted by molar-refractivity contribution is 5.85. The summed E-state index contributed by atoms with van der Waals surface area (Å²) in [6.07, 6.45) is 6.28. The number of carbonyl (C=O) groups excluding carboxylic acids is 1. The Kier molecular flexibility index (Phi) is 7.54. The molecule has 6 heteroatoms. The number of amides is 1. The van der Waals surface area contributed by atoms with Crippen LogP contribution in [0.25, 0.3) is 0 Å². The van der Waals surface area contributed by atoms with Crippen LogP contribution in [0.5, 0.6) is 0 Å². The van der Waals surface area contributed by atoms with E-state index < -0.39 is 0 Å². The van der Waals surface area contributed by atoms with E-state index in [-0.39, 0.29) is 12.5 Å². The first kappa shape index (κ1) is 20.0. The zero-order chi connectivity index (χ0) is 18.4. The van der Waals surface area contributed by atoms with Gasteiger partial charge in [0.05, 0.1) is 0 Å². The maximum atomic E-state index is 11.9. The van der Waals surface area contributed by atoms with Gasteiger partial charge in [0.15, 0.2) is 5.96 Å². The molecule has 1 aliphatic heterocycles. The number of likely N-dealkylation sites (N-methyl/N-ethyl adjacent to an activating group) is 1. The van der Waals surface area contributed by atoms with Gasteiger partial charge in [0, 0.05) is 45.3 Å². The van der Waals surface area contributed by atoms with Crippen LogP contribution in [0.3, 0.4) is 0 Å². The molecule has 2 atom stereocenters. The molecule has 1 saturated heterocycles. The number of aliphatic imine (C=N–C) groups is 1. The summed E-state index contributed by atoms with van der Waals surface area (Å²) < 4.78 is 0. The van der Waals surface area contributed by atoms with Crippen LogP contribution < -0.4 is 10.6 Å². The first-order valence-electron chi connectivity index (χ1n) is 9.88. The minimum absolute atomic E-state index is 0.0352. The normalized spacial score (nSPS) is 26.1. The molecular weight excluding hydrogens is 314 g/mol. The van der Waals surface area contributed by atoms with E-state index in [4.69, 9.17) is 0 Å². The Labute approximate surface area is 153 Å². The molecule has 6 nitrogen and oxygen atoms in total. The molecule has 25 heavy (non-hydrogen) atoms. The van der Waals surface area contributed by atoms with Crippen molar-refractivity contribution in [3.05, 3.63) is 0 Å². The summed E-state index contributed by atoms with van der Waals surface area (Å²) in [5.41, 5.74) is 0. The van der Waals surface area contributed by atoms with Crippen molar-refractivity contribution >= 4 is 11.9 Å². The van der Waals surface area contributed by atoms with Crippen LogP contribution in [0.15, 0.2) is 4.99 Å². The van der Waals surface area contributed by atoms with Crippen LogP contribution in [0, 0.1) is 5.92 Å². The molecule has 0 radical (unpaired) electrons. The summed E-state index contributed by atoms with van der Waals surface area (Å²) in [5, 5.41) is 7.21. The number of rotatable bonds is 5. The zero-order valence-electron chi connectivity index (χ0n) is 16.7. The average molecular weight is 352 g/mol. The van der Waals surface area contributed by atoms with Gasteiger partial charge >= 0.3 is 0 Å². The van der Waals surface area contributed by atoms with Gasteiger partial charge in [-0.25, -0.2) is 4.99 Å². The van der Waals surface area contributed by atoms with Crippen molar-refractivity contribution in [1.82, 2.24) is 20.4 Å². The molecule has 1 aliphatic carbocycles. The highest BCUT2D eigenvalue weighted by Gasteiger charge is 2.31. The second kappa shape index (κ2) is 9.41.